The zero-order chi connectivity index (χ0) is 11.8. The number of rotatable bonds is 2. The second-order valence-electron chi connectivity index (χ2n) is 5.47. The fraction of sp³-hybridized carbons (Fsp3) is 0.769. The highest BCUT2D eigenvalue weighted by Gasteiger charge is 2.31. The van der Waals surface area contributed by atoms with Gasteiger partial charge in [0.25, 0.3) is 0 Å². The number of aryl methyl sites for hydroxylation is 2. The van der Waals surface area contributed by atoms with Gasteiger partial charge in [-0.1, -0.05) is 6.92 Å². The summed E-state index contributed by atoms with van der Waals surface area (Å²) in [5, 5.41) is 1.23. The molecule has 2 nitrogen and oxygen atoms in total. The molecule has 0 bridgehead atoms. The molecule has 16 heavy (non-hydrogen) atoms. The molecule has 0 atom stereocenters. The Kier molecular flexibility index (Phi) is 3.36. The first-order valence-electron chi connectivity index (χ1n) is 6.20. The van der Waals surface area contributed by atoms with Gasteiger partial charge in [-0.05, 0) is 45.4 Å². The molecule has 1 aromatic heterocycles. The van der Waals surface area contributed by atoms with Gasteiger partial charge in [0, 0.05) is 16.8 Å². The SMILES string of the molecule is Cc1nc(CC2(N)CCC(C)CC2)sc1C. The maximum absolute atomic E-state index is 6.48. The third-order valence-corrected chi connectivity index (χ3v) is 4.92. The van der Waals surface area contributed by atoms with E-state index in [0.717, 1.165) is 25.2 Å². The lowest BCUT2D eigenvalue weighted by molar-refractivity contribution is 0.243. The van der Waals surface area contributed by atoms with Crippen LogP contribution in [0.25, 0.3) is 0 Å². The van der Waals surface area contributed by atoms with E-state index in [1.807, 2.05) is 11.3 Å². The molecule has 90 valence electrons. The summed E-state index contributed by atoms with van der Waals surface area (Å²) in [5.74, 6) is 0.858. The fourth-order valence-corrected chi connectivity index (χ4v) is 3.52. The van der Waals surface area contributed by atoms with Crippen molar-refractivity contribution in [3.05, 3.63) is 15.6 Å². The number of thiazole rings is 1. The smallest absolute Gasteiger partial charge is 0.0949 e. The minimum Gasteiger partial charge on any atom is -0.325 e. The summed E-state index contributed by atoms with van der Waals surface area (Å²) >= 11 is 1.82. The van der Waals surface area contributed by atoms with Crippen molar-refractivity contribution in [3.63, 3.8) is 0 Å². The molecule has 1 aliphatic carbocycles. The lowest BCUT2D eigenvalue weighted by atomic mass is 9.76. The fourth-order valence-electron chi connectivity index (χ4n) is 2.43. The molecule has 0 radical (unpaired) electrons. The van der Waals surface area contributed by atoms with E-state index >= 15 is 0 Å². The summed E-state index contributed by atoms with van der Waals surface area (Å²) < 4.78 is 0. The summed E-state index contributed by atoms with van der Waals surface area (Å²) in [6.07, 6.45) is 5.84. The van der Waals surface area contributed by atoms with Crippen molar-refractivity contribution in [1.29, 1.82) is 0 Å². The minimum absolute atomic E-state index is 0.0171. The van der Waals surface area contributed by atoms with Gasteiger partial charge >= 0.3 is 0 Å². The average molecular weight is 238 g/mol. The molecule has 0 amide bonds. The number of aromatic nitrogens is 1. The maximum atomic E-state index is 6.48. The molecule has 3 heteroatoms. The molecule has 2 N–H and O–H groups in total. The van der Waals surface area contributed by atoms with Gasteiger partial charge in [0.2, 0.25) is 0 Å². The summed E-state index contributed by atoms with van der Waals surface area (Å²) in [5.41, 5.74) is 7.67. The van der Waals surface area contributed by atoms with Crippen LogP contribution in [0.4, 0.5) is 0 Å². The van der Waals surface area contributed by atoms with Gasteiger partial charge in [0.1, 0.15) is 0 Å². The molecule has 0 spiro atoms. The Morgan fingerprint density at radius 3 is 2.50 bits per heavy atom. The van der Waals surface area contributed by atoms with Crippen molar-refractivity contribution in [2.45, 2.75) is 58.4 Å². The van der Waals surface area contributed by atoms with Gasteiger partial charge < -0.3 is 5.73 Å². The van der Waals surface area contributed by atoms with Crippen LogP contribution in [0.2, 0.25) is 0 Å². The van der Waals surface area contributed by atoms with Gasteiger partial charge in [-0.2, -0.15) is 0 Å². The largest absolute Gasteiger partial charge is 0.325 e. The van der Waals surface area contributed by atoms with Gasteiger partial charge in [0.15, 0.2) is 0 Å². The molecule has 0 saturated heterocycles. The standard InChI is InChI=1S/C13H22N2S/c1-9-4-6-13(14,7-5-9)8-12-15-10(2)11(3)16-12/h9H,4-8,14H2,1-3H3. The zero-order valence-corrected chi connectivity index (χ0v) is 11.4. The van der Waals surface area contributed by atoms with Crippen LogP contribution in [-0.4, -0.2) is 10.5 Å². The highest BCUT2D eigenvalue weighted by Crippen LogP contribution is 2.33. The van der Waals surface area contributed by atoms with Gasteiger partial charge in [-0.25, -0.2) is 4.98 Å². The maximum Gasteiger partial charge on any atom is 0.0949 e. The molecule has 2 rings (SSSR count). The molecule has 1 heterocycles. The van der Waals surface area contributed by atoms with E-state index in [1.165, 1.54) is 28.4 Å². The molecule has 0 aliphatic heterocycles. The predicted octanol–water partition coefficient (Wildman–Crippen LogP) is 3.21. The van der Waals surface area contributed by atoms with Crippen molar-refractivity contribution in [1.82, 2.24) is 4.98 Å². The summed E-state index contributed by atoms with van der Waals surface area (Å²) in [6.45, 7) is 6.56. The van der Waals surface area contributed by atoms with Crippen molar-refractivity contribution < 1.29 is 0 Å². The number of nitrogens with two attached hydrogens (primary N) is 1. The normalized spacial score (nSPS) is 30.6. The summed E-state index contributed by atoms with van der Waals surface area (Å²) in [6, 6.07) is 0. The topological polar surface area (TPSA) is 38.9 Å². The first-order chi connectivity index (χ1) is 7.48. The first-order valence-corrected chi connectivity index (χ1v) is 7.02. The zero-order valence-electron chi connectivity index (χ0n) is 10.5. The van der Waals surface area contributed by atoms with E-state index in [9.17, 15) is 0 Å². The Labute approximate surface area is 102 Å². The molecule has 1 aliphatic rings. The van der Waals surface area contributed by atoms with Gasteiger partial charge in [-0.15, -0.1) is 11.3 Å². The van der Waals surface area contributed by atoms with Crippen molar-refractivity contribution >= 4 is 11.3 Å². The van der Waals surface area contributed by atoms with Crippen LogP contribution < -0.4 is 5.73 Å². The summed E-state index contributed by atoms with van der Waals surface area (Å²) in [4.78, 5) is 5.94. The molecular formula is C13H22N2S. The van der Waals surface area contributed by atoms with Crippen LogP contribution in [0.1, 0.15) is 48.2 Å². The molecule has 1 aromatic rings. The van der Waals surface area contributed by atoms with E-state index in [4.69, 9.17) is 5.73 Å². The van der Waals surface area contributed by atoms with Crippen LogP contribution in [0.3, 0.4) is 0 Å². The lowest BCUT2D eigenvalue weighted by Crippen LogP contribution is -2.45. The van der Waals surface area contributed by atoms with Crippen LogP contribution >= 0.6 is 11.3 Å². The van der Waals surface area contributed by atoms with Crippen LogP contribution in [-0.2, 0) is 6.42 Å². The second kappa shape index (κ2) is 4.46. The third-order valence-electron chi connectivity index (χ3n) is 3.85. The number of hydrogen-bond donors (Lipinski definition) is 1. The third kappa shape index (κ3) is 2.64. The quantitative estimate of drug-likeness (QED) is 0.859. The predicted molar refractivity (Wildman–Crippen MR) is 69.8 cm³/mol. The highest BCUT2D eigenvalue weighted by atomic mass is 32.1. The molecule has 1 saturated carbocycles. The van der Waals surface area contributed by atoms with Crippen molar-refractivity contribution in [2.75, 3.05) is 0 Å². The Morgan fingerprint density at radius 1 is 1.38 bits per heavy atom. The monoisotopic (exact) mass is 238 g/mol. The van der Waals surface area contributed by atoms with Crippen LogP contribution in [0, 0.1) is 19.8 Å². The van der Waals surface area contributed by atoms with Crippen LogP contribution in [0.15, 0.2) is 0 Å². The van der Waals surface area contributed by atoms with Gasteiger partial charge in [-0.3, -0.25) is 0 Å². The van der Waals surface area contributed by atoms with Crippen molar-refractivity contribution in [2.24, 2.45) is 11.7 Å². The molecule has 0 aromatic carbocycles. The van der Waals surface area contributed by atoms with Gasteiger partial charge in [0.05, 0.1) is 10.7 Å². The lowest BCUT2D eigenvalue weighted by Gasteiger charge is -2.35. The molecule has 1 fully saturated rings. The molecular weight excluding hydrogens is 216 g/mol. The Hall–Kier alpha value is -0.410. The second-order valence-corrected chi connectivity index (χ2v) is 6.76. The van der Waals surface area contributed by atoms with E-state index in [2.05, 4.69) is 25.8 Å². The Morgan fingerprint density at radius 2 is 2.00 bits per heavy atom. The van der Waals surface area contributed by atoms with E-state index in [1.54, 1.807) is 0 Å². The first kappa shape index (κ1) is 12.1. The van der Waals surface area contributed by atoms with E-state index < -0.39 is 0 Å². The highest BCUT2D eigenvalue weighted by molar-refractivity contribution is 7.11. The van der Waals surface area contributed by atoms with E-state index in [0.29, 0.717) is 0 Å². The Balaban J connectivity index is 2.03. The van der Waals surface area contributed by atoms with Crippen molar-refractivity contribution in [3.8, 4) is 0 Å². The number of hydrogen-bond acceptors (Lipinski definition) is 3. The number of nitrogens with zero attached hydrogens (tertiary/aromatic N) is 1. The van der Waals surface area contributed by atoms with E-state index in [-0.39, 0.29) is 5.54 Å². The molecule has 0 unspecified atom stereocenters. The Bertz CT molecular complexity index is 343. The van der Waals surface area contributed by atoms with Crippen LogP contribution in [0.5, 0.6) is 0 Å². The summed E-state index contributed by atoms with van der Waals surface area (Å²) in [7, 11) is 0. The average Bonchev–Trinajstić information content (AvgIpc) is 2.51. The minimum atomic E-state index is 0.0171.